The zero-order valence-electron chi connectivity index (χ0n) is 16.3. The minimum atomic E-state index is 0.00842. The average molecular weight is 398 g/mol. The molecule has 4 rings (SSSR count). The van der Waals surface area contributed by atoms with Crippen LogP contribution >= 0.6 is 11.3 Å². The maximum Gasteiger partial charge on any atom is 0.265 e. The fourth-order valence-corrected chi connectivity index (χ4v) is 4.11. The summed E-state index contributed by atoms with van der Waals surface area (Å²) in [5.41, 5.74) is 4.67. The van der Waals surface area contributed by atoms with Crippen LogP contribution in [0.15, 0.2) is 34.3 Å². The molecule has 7 nitrogen and oxygen atoms in total. The van der Waals surface area contributed by atoms with E-state index in [1.54, 1.807) is 5.51 Å². The van der Waals surface area contributed by atoms with Crippen LogP contribution in [0.4, 0.5) is 0 Å². The first-order chi connectivity index (χ1) is 13.5. The summed E-state index contributed by atoms with van der Waals surface area (Å²) in [5.74, 6) is 1.29. The van der Waals surface area contributed by atoms with Crippen LogP contribution in [0.3, 0.4) is 0 Å². The van der Waals surface area contributed by atoms with E-state index in [2.05, 4.69) is 26.9 Å². The van der Waals surface area contributed by atoms with Crippen molar-refractivity contribution < 1.29 is 9.32 Å². The molecule has 0 radical (unpaired) electrons. The Kier molecular flexibility index (Phi) is 5.23. The molecule has 1 aliphatic rings. The molecular weight excluding hydrogens is 374 g/mol. The van der Waals surface area contributed by atoms with Gasteiger partial charge >= 0.3 is 0 Å². The number of piperazine rings is 1. The molecule has 1 unspecified atom stereocenters. The lowest BCUT2D eigenvalue weighted by Gasteiger charge is -2.36. The third-order valence-electron chi connectivity index (χ3n) is 5.20. The van der Waals surface area contributed by atoms with E-state index in [1.807, 2.05) is 43.0 Å². The number of nitrogens with zero attached hydrogens (tertiary/aromatic N) is 5. The van der Waals surface area contributed by atoms with Crippen LogP contribution in [-0.2, 0) is 0 Å². The lowest BCUT2D eigenvalue weighted by molar-refractivity contribution is 0.0555. The number of aryl methyl sites for hydroxylation is 2. The van der Waals surface area contributed by atoms with Crippen molar-refractivity contribution >= 4 is 17.2 Å². The first kappa shape index (κ1) is 18.8. The van der Waals surface area contributed by atoms with Crippen molar-refractivity contribution in [3.05, 3.63) is 51.8 Å². The number of thiazole rings is 1. The Morgan fingerprint density at radius 2 is 1.86 bits per heavy atom. The summed E-state index contributed by atoms with van der Waals surface area (Å²) in [6.45, 7) is 8.90. The lowest BCUT2D eigenvalue weighted by Crippen LogP contribution is -2.49. The summed E-state index contributed by atoms with van der Waals surface area (Å²) in [4.78, 5) is 26.3. The first-order valence-electron chi connectivity index (χ1n) is 9.37. The molecule has 3 heterocycles. The van der Waals surface area contributed by atoms with Gasteiger partial charge in [-0.05, 0) is 20.8 Å². The third-order valence-corrected chi connectivity index (χ3v) is 6.11. The highest BCUT2D eigenvalue weighted by Crippen LogP contribution is 2.24. The van der Waals surface area contributed by atoms with Gasteiger partial charge in [0.15, 0.2) is 0 Å². The van der Waals surface area contributed by atoms with Crippen molar-refractivity contribution in [1.82, 2.24) is 24.9 Å². The van der Waals surface area contributed by atoms with E-state index in [4.69, 9.17) is 4.52 Å². The summed E-state index contributed by atoms with van der Waals surface area (Å²) in [6.07, 6.45) is 0. The fourth-order valence-electron chi connectivity index (χ4n) is 3.34. The number of rotatable bonds is 4. The van der Waals surface area contributed by atoms with E-state index in [-0.39, 0.29) is 11.9 Å². The van der Waals surface area contributed by atoms with E-state index in [1.165, 1.54) is 16.9 Å². The molecule has 1 amide bonds. The molecule has 28 heavy (non-hydrogen) atoms. The number of carbonyl (C=O) groups is 1. The van der Waals surface area contributed by atoms with Crippen molar-refractivity contribution in [1.29, 1.82) is 0 Å². The van der Waals surface area contributed by atoms with Crippen molar-refractivity contribution in [3.63, 3.8) is 0 Å². The number of hydrogen-bond acceptors (Lipinski definition) is 7. The number of benzene rings is 1. The summed E-state index contributed by atoms with van der Waals surface area (Å²) >= 11 is 1.41. The number of amides is 1. The van der Waals surface area contributed by atoms with Crippen molar-refractivity contribution in [2.45, 2.75) is 26.8 Å². The molecular formula is C20H23N5O2S. The standard InChI is InChI=1S/C20H23N5O2S/c1-13-4-6-16(7-5-13)18-22-19(27-23-18)15(3)24-8-10-25(11-9-24)20(26)17-14(2)21-12-28-17/h4-7,12,15H,8-11H2,1-3H3. The Labute approximate surface area is 168 Å². The SMILES string of the molecule is Cc1ccc(-c2noc(C(C)N3CCN(C(=O)c4scnc4C)CC3)n2)cc1. The van der Waals surface area contributed by atoms with Gasteiger partial charge in [0.05, 0.1) is 17.2 Å². The highest BCUT2D eigenvalue weighted by atomic mass is 32.1. The normalized spacial score (nSPS) is 16.3. The highest BCUT2D eigenvalue weighted by molar-refractivity contribution is 7.11. The van der Waals surface area contributed by atoms with Gasteiger partial charge < -0.3 is 9.42 Å². The summed E-state index contributed by atoms with van der Waals surface area (Å²) in [5, 5.41) is 4.14. The molecule has 0 saturated carbocycles. The topological polar surface area (TPSA) is 75.4 Å². The zero-order valence-corrected chi connectivity index (χ0v) is 17.1. The van der Waals surface area contributed by atoms with E-state index in [0.717, 1.165) is 29.2 Å². The van der Waals surface area contributed by atoms with Crippen LogP contribution < -0.4 is 0 Å². The average Bonchev–Trinajstić information content (AvgIpc) is 3.37. The fraction of sp³-hybridized carbons (Fsp3) is 0.400. The van der Waals surface area contributed by atoms with Gasteiger partial charge in [-0.3, -0.25) is 9.69 Å². The largest absolute Gasteiger partial charge is 0.337 e. The molecule has 0 spiro atoms. The maximum atomic E-state index is 12.6. The first-order valence-corrected chi connectivity index (χ1v) is 10.2. The van der Waals surface area contributed by atoms with Crippen molar-refractivity contribution in [3.8, 4) is 11.4 Å². The van der Waals surface area contributed by atoms with Gasteiger partial charge in [0.25, 0.3) is 5.91 Å². The van der Waals surface area contributed by atoms with Gasteiger partial charge in [0, 0.05) is 31.7 Å². The second-order valence-electron chi connectivity index (χ2n) is 7.09. The van der Waals surface area contributed by atoms with Crippen LogP contribution in [0.1, 0.15) is 39.8 Å². The Morgan fingerprint density at radius 3 is 2.50 bits per heavy atom. The van der Waals surface area contributed by atoms with Crippen LogP contribution in [-0.4, -0.2) is 57.0 Å². The number of carbonyl (C=O) groups excluding carboxylic acids is 1. The van der Waals surface area contributed by atoms with Gasteiger partial charge in [0.1, 0.15) is 4.88 Å². The van der Waals surface area contributed by atoms with Gasteiger partial charge in [-0.25, -0.2) is 4.98 Å². The molecule has 1 atom stereocenters. The third kappa shape index (κ3) is 3.70. The molecule has 2 aromatic heterocycles. The maximum absolute atomic E-state index is 12.6. The quantitative estimate of drug-likeness (QED) is 0.672. The smallest absolute Gasteiger partial charge is 0.265 e. The molecule has 0 aliphatic carbocycles. The minimum Gasteiger partial charge on any atom is -0.337 e. The van der Waals surface area contributed by atoms with Gasteiger partial charge in [-0.2, -0.15) is 4.98 Å². The molecule has 0 N–H and O–H groups in total. The summed E-state index contributed by atoms with van der Waals surface area (Å²) in [7, 11) is 0. The Balaban J connectivity index is 1.39. The molecule has 1 aromatic carbocycles. The van der Waals surface area contributed by atoms with E-state index < -0.39 is 0 Å². The molecule has 1 fully saturated rings. The molecule has 1 saturated heterocycles. The highest BCUT2D eigenvalue weighted by Gasteiger charge is 2.29. The van der Waals surface area contributed by atoms with Crippen molar-refractivity contribution in [2.24, 2.45) is 0 Å². The van der Waals surface area contributed by atoms with E-state index in [9.17, 15) is 4.79 Å². The Bertz CT molecular complexity index is 957. The van der Waals surface area contributed by atoms with Crippen LogP contribution in [0, 0.1) is 13.8 Å². The second kappa shape index (κ2) is 7.81. The van der Waals surface area contributed by atoms with Crippen LogP contribution in [0.25, 0.3) is 11.4 Å². The number of aromatic nitrogens is 3. The molecule has 146 valence electrons. The minimum absolute atomic E-state index is 0.00842. The van der Waals surface area contributed by atoms with Gasteiger partial charge in [-0.15, -0.1) is 11.3 Å². The van der Waals surface area contributed by atoms with Crippen LogP contribution in [0.2, 0.25) is 0 Å². The molecule has 0 bridgehead atoms. The lowest BCUT2D eigenvalue weighted by atomic mass is 10.1. The van der Waals surface area contributed by atoms with Gasteiger partial charge in [-0.1, -0.05) is 35.0 Å². The monoisotopic (exact) mass is 397 g/mol. The van der Waals surface area contributed by atoms with E-state index >= 15 is 0 Å². The molecule has 8 heteroatoms. The Morgan fingerprint density at radius 1 is 1.14 bits per heavy atom. The summed E-state index contributed by atoms with van der Waals surface area (Å²) < 4.78 is 5.52. The zero-order chi connectivity index (χ0) is 19.7. The number of hydrogen-bond donors (Lipinski definition) is 0. The summed E-state index contributed by atoms with van der Waals surface area (Å²) in [6, 6.07) is 8.08. The molecule has 1 aliphatic heterocycles. The van der Waals surface area contributed by atoms with Gasteiger partial charge in [0.2, 0.25) is 11.7 Å². The predicted molar refractivity (Wildman–Crippen MR) is 107 cm³/mol. The van der Waals surface area contributed by atoms with E-state index in [0.29, 0.717) is 24.8 Å². The predicted octanol–water partition coefficient (Wildman–Crippen LogP) is 3.33. The van der Waals surface area contributed by atoms with Crippen molar-refractivity contribution in [2.75, 3.05) is 26.2 Å². The Hall–Kier alpha value is -2.58. The second-order valence-corrected chi connectivity index (χ2v) is 7.95. The van der Waals surface area contributed by atoms with Crippen LogP contribution in [0.5, 0.6) is 0 Å². The molecule has 3 aromatic rings.